The van der Waals surface area contributed by atoms with E-state index in [1.54, 1.807) is 6.20 Å². The van der Waals surface area contributed by atoms with E-state index in [0.717, 1.165) is 36.7 Å². The lowest BCUT2D eigenvalue weighted by atomic mass is 10.2. The smallest absolute Gasteiger partial charge is 0.180 e. The van der Waals surface area contributed by atoms with Gasteiger partial charge >= 0.3 is 0 Å². The molecule has 3 rings (SSSR count). The maximum Gasteiger partial charge on any atom is 0.180 e. The molecule has 1 aliphatic rings. The Balaban J connectivity index is 1.78. The van der Waals surface area contributed by atoms with Crippen molar-refractivity contribution in [2.75, 3.05) is 23.9 Å². The Morgan fingerprint density at radius 2 is 2.14 bits per heavy atom. The van der Waals surface area contributed by atoms with Gasteiger partial charge in [-0.05, 0) is 56.2 Å². The molecule has 0 amide bonds. The molecule has 116 valence electrons. The molecule has 2 heterocycles. The first kappa shape index (κ1) is 15.3. The maximum atomic E-state index is 4.74. The summed E-state index contributed by atoms with van der Waals surface area (Å²) in [7, 11) is 0. The first-order valence-electron chi connectivity index (χ1n) is 7.92. The lowest BCUT2D eigenvalue weighted by molar-refractivity contribution is 0.836. The molecule has 0 saturated carbocycles. The van der Waals surface area contributed by atoms with E-state index in [4.69, 9.17) is 9.97 Å². The zero-order valence-electron chi connectivity index (χ0n) is 13.0. The fourth-order valence-corrected chi connectivity index (χ4v) is 3.26. The summed E-state index contributed by atoms with van der Waals surface area (Å²) in [5.41, 5.74) is 3.36. The molecule has 2 aromatic rings. The first-order valence-corrected chi connectivity index (χ1v) is 9.32. The van der Waals surface area contributed by atoms with Crippen molar-refractivity contribution in [1.29, 1.82) is 0 Å². The second kappa shape index (κ2) is 7.58. The summed E-state index contributed by atoms with van der Waals surface area (Å²) in [6.45, 7) is 0.978. The second-order valence-corrected chi connectivity index (χ2v) is 6.50. The fourth-order valence-electron chi connectivity index (χ4n) is 2.77. The Hall–Kier alpha value is -1.62. The van der Waals surface area contributed by atoms with Gasteiger partial charge in [0, 0.05) is 24.0 Å². The monoisotopic (exact) mass is 314 g/mol. The average molecular weight is 314 g/mol. The Bertz CT molecular complexity index is 616. The van der Waals surface area contributed by atoms with Crippen molar-refractivity contribution >= 4 is 17.6 Å². The molecule has 2 aromatic heterocycles. The maximum absolute atomic E-state index is 4.74. The van der Waals surface area contributed by atoms with E-state index >= 15 is 0 Å². The van der Waals surface area contributed by atoms with Crippen LogP contribution in [0.4, 0.5) is 5.82 Å². The zero-order valence-corrected chi connectivity index (χ0v) is 13.8. The molecule has 0 fully saturated rings. The van der Waals surface area contributed by atoms with Gasteiger partial charge in [0.05, 0.1) is 0 Å². The average Bonchev–Trinajstić information content (AvgIpc) is 3.04. The molecule has 1 aliphatic carbocycles. The Labute approximate surface area is 136 Å². The van der Waals surface area contributed by atoms with Crippen LogP contribution < -0.4 is 5.32 Å². The standard InChI is InChI=1S/C17H22N4S/c1-22-12-5-4-11-19-16-13-7-6-9-14(13)20-17(21-16)15-8-2-3-10-18-15/h2-3,8,10H,4-7,9,11-12H2,1H3,(H,19,20,21). The van der Waals surface area contributed by atoms with Crippen LogP contribution in [-0.2, 0) is 12.8 Å². The number of anilines is 1. The predicted octanol–water partition coefficient (Wildman–Crippen LogP) is 3.58. The van der Waals surface area contributed by atoms with Gasteiger partial charge < -0.3 is 5.32 Å². The molecule has 0 aliphatic heterocycles. The van der Waals surface area contributed by atoms with Gasteiger partial charge in [-0.25, -0.2) is 9.97 Å². The minimum Gasteiger partial charge on any atom is -0.370 e. The molecule has 0 spiro atoms. The fraction of sp³-hybridized carbons (Fsp3) is 0.471. The number of hydrogen-bond donors (Lipinski definition) is 1. The molecule has 0 bridgehead atoms. The number of aromatic nitrogens is 3. The summed E-state index contributed by atoms with van der Waals surface area (Å²) in [4.78, 5) is 13.8. The minimum atomic E-state index is 0.743. The highest BCUT2D eigenvalue weighted by Crippen LogP contribution is 2.28. The molecule has 0 saturated heterocycles. The number of nitrogens with one attached hydrogen (secondary N) is 1. The van der Waals surface area contributed by atoms with Crippen LogP contribution in [-0.4, -0.2) is 33.5 Å². The van der Waals surface area contributed by atoms with Crippen LogP contribution in [0, 0.1) is 0 Å². The van der Waals surface area contributed by atoms with Gasteiger partial charge in [-0.15, -0.1) is 0 Å². The quantitative estimate of drug-likeness (QED) is 0.792. The number of thioether (sulfide) groups is 1. The number of rotatable bonds is 7. The zero-order chi connectivity index (χ0) is 15.2. The number of nitrogens with zero attached hydrogens (tertiary/aromatic N) is 3. The van der Waals surface area contributed by atoms with Crippen LogP contribution in [0.3, 0.4) is 0 Å². The largest absolute Gasteiger partial charge is 0.370 e. The summed E-state index contributed by atoms with van der Waals surface area (Å²) >= 11 is 1.91. The molecule has 1 N–H and O–H groups in total. The van der Waals surface area contributed by atoms with Gasteiger partial charge in [-0.3, -0.25) is 4.98 Å². The van der Waals surface area contributed by atoms with Crippen LogP contribution in [0.5, 0.6) is 0 Å². The molecule has 4 nitrogen and oxygen atoms in total. The van der Waals surface area contributed by atoms with Crippen LogP contribution in [0.25, 0.3) is 11.5 Å². The molecular formula is C17H22N4S. The van der Waals surface area contributed by atoms with Crippen molar-refractivity contribution < 1.29 is 0 Å². The summed E-state index contributed by atoms with van der Waals surface area (Å²) in [6, 6.07) is 5.87. The normalized spacial score (nSPS) is 13.1. The third kappa shape index (κ3) is 3.58. The van der Waals surface area contributed by atoms with Crippen LogP contribution >= 0.6 is 11.8 Å². The number of hydrogen-bond acceptors (Lipinski definition) is 5. The van der Waals surface area contributed by atoms with E-state index in [-0.39, 0.29) is 0 Å². The number of aryl methyl sites for hydroxylation is 1. The molecule has 0 unspecified atom stereocenters. The van der Waals surface area contributed by atoms with Crippen molar-refractivity contribution in [1.82, 2.24) is 15.0 Å². The lowest BCUT2D eigenvalue weighted by Gasteiger charge is -2.12. The van der Waals surface area contributed by atoms with Crippen molar-refractivity contribution in [3.8, 4) is 11.5 Å². The van der Waals surface area contributed by atoms with E-state index in [9.17, 15) is 0 Å². The van der Waals surface area contributed by atoms with Crippen molar-refractivity contribution in [2.24, 2.45) is 0 Å². The number of fused-ring (bicyclic) bond motifs is 1. The van der Waals surface area contributed by atoms with Gasteiger partial charge in [0.15, 0.2) is 5.82 Å². The second-order valence-electron chi connectivity index (χ2n) is 5.52. The lowest BCUT2D eigenvalue weighted by Crippen LogP contribution is -2.09. The third-order valence-corrected chi connectivity index (χ3v) is 4.59. The molecule has 5 heteroatoms. The topological polar surface area (TPSA) is 50.7 Å². The van der Waals surface area contributed by atoms with Gasteiger partial charge in [-0.1, -0.05) is 6.07 Å². The summed E-state index contributed by atoms with van der Waals surface area (Å²) in [5.74, 6) is 2.99. The molecule has 0 atom stereocenters. The van der Waals surface area contributed by atoms with Gasteiger partial charge in [-0.2, -0.15) is 11.8 Å². The predicted molar refractivity (Wildman–Crippen MR) is 93.4 cm³/mol. The molecule has 22 heavy (non-hydrogen) atoms. The highest BCUT2D eigenvalue weighted by molar-refractivity contribution is 7.98. The highest BCUT2D eigenvalue weighted by atomic mass is 32.2. The van der Waals surface area contributed by atoms with Crippen molar-refractivity contribution in [2.45, 2.75) is 32.1 Å². The van der Waals surface area contributed by atoms with Crippen LogP contribution in [0.2, 0.25) is 0 Å². The minimum absolute atomic E-state index is 0.743. The van der Waals surface area contributed by atoms with E-state index < -0.39 is 0 Å². The summed E-state index contributed by atoms with van der Waals surface area (Å²) < 4.78 is 0. The summed E-state index contributed by atoms with van der Waals surface area (Å²) in [6.07, 6.45) is 9.69. The van der Waals surface area contributed by atoms with Crippen LogP contribution in [0.1, 0.15) is 30.5 Å². The number of unbranched alkanes of at least 4 members (excludes halogenated alkanes) is 1. The van der Waals surface area contributed by atoms with Gasteiger partial charge in [0.2, 0.25) is 0 Å². The van der Waals surface area contributed by atoms with E-state index in [1.807, 2.05) is 30.0 Å². The van der Waals surface area contributed by atoms with Gasteiger partial charge in [0.25, 0.3) is 0 Å². The molecular weight excluding hydrogens is 292 g/mol. The van der Waals surface area contributed by atoms with E-state index in [0.29, 0.717) is 0 Å². The first-order chi connectivity index (χ1) is 10.9. The Morgan fingerprint density at radius 1 is 1.18 bits per heavy atom. The van der Waals surface area contributed by atoms with Gasteiger partial charge in [0.1, 0.15) is 11.5 Å². The third-order valence-electron chi connectivity index (χ3n) is 3.89. The van der Waals surface area contributed by atoms with Crippen molar-refractivity contribution in [3.63, 3.8) is 0 Å². The number of pyridine rings is 1. The Morgan fingerprint density at radius 3 is 2.95 bits per heavy atom. The molecule has 0 aromatic carbocycles. The Kier molecular flexibility index (Phi) is 5.27. The van der Waals surface area contributed by atoms with E-state index in [1.165, 1.54) is 36.3 Å². The van der Waals surface area contributed by atoms with E-state index in [2.05, 4.69) is 16.6 Å². The van der Waals surface area contributed by atoms with Crippen LogP contribution in [0.15, 0.2) is 24.4 Å². The summed E-state index contributed by atoms with van der Waals surface area (Å²) in [5, 5.41) is 3.53. The van der Waals surface area contributed by atoms with Crippen molar-refractivity contribution in [3.05, 3.63) is 35.7 Å². The highest BCUT2D eigenvalue weighted by Gasteiger charge is 2.19. The SMILES string of the molecule is CSCCCCNc1nc(-c2ccccn2)nc2c1CCC2. The molecule has 0 radical (unpaired) electrons.